The number of benzene rings is 2. The van der Waals surface area contributed by atoms with E-state index in [2.05, 4.69) is 31.9 Å². The van der Waals surface area contributed by atoms with E-state index in [4.69, 9.17) is 4.74 Å². The average molecular weight is 382 g/mol. The Morgan fingerprint density at radius 2 is 1.94 bits per heavy atom. The molecule has 0 heterocycles. The van der Waals surface area contributed by atoms with Crippen LogP contribution in [-0.2, 0) is 4.79 Å². The van der Waals surface area contributed by atoms with Gasteiger partial charge in [-0.1, -0.05) is 28.1 Å². The minimum atomic E-state index is -1.24. The zero-order valence-corrected chi connectivity index (χ0v) is 14.7. The second-order valence-electron chi connectivity index (χ2n) is 3.40. The van der Waals surface area contributed by atoms with Gasteiger partial charge < -0.3 is 14.6 Å². The number of carboxylic acid groups (broad SMARTS) is 1. The van der Waals surface area contributed by atoms with Gasteiger partial charge in [-0.05, 0) is 44.9 Å². The first kappa shape index (κ1) is 16.0. The van der Waals surface area contributed by atoms with Gasteiger partial charge in [0.15, 0.2) is 0 Å². The van der Waals surface area contributed by atoms with Crippen LogP contribution in [0.1, 0.15) is 0 Å². The molecular weight excluding hydrogens is 375 g/mol. The molecule has 18 heavy (non-hydrogen) atoms. The molecule has 88 valence electrons. The quantitative estimate of drug-likeness (QED) is 0.673. The third-order valence-electron chi connectivity index (χ3n) is 2.23. The molecule has 2 aromatic rings. The summed E-state index contributed by atoms with van der Waals surface area (Å²) in [5, 5.41) is 12.3. The number of fused-ring (bicyclic) bond motifs is 1. The molecule has 0 radical (unpaired) electrons. The Bertz CT molecular complexity index is 587. The molecule has 0 bridgehead atoms. The second-order valence-corrected chi connectivity index (χ2v) is 5.11. The molecule has 0 saturated carbocycles. The molecule has 0 amide bonds. The molecule has 2 aromatic carbocycles. The molecule has 0 atom stereocenters. The van der Waals surface area contributed by atoms with Crippen molar-refractivity contribution in [2.24, 2.45) is 0 Å². The van der Waals surface area contributed by atoms with E-state index < -0.39 is 12.6 Å². The van der Waals surface area contributed by atoms with Crippen molar-refractivity contribution in [1.29, 1.82) is 0 Å². The summed E-state index contributed by atoms with van der Waals surface area (Å²) >= 11 is 6.80. The van der Waals surface area contributed by atoms with Crippen LogP contribution >= 0.6 is 31.9 Å². The van der Waals surface area contributed by atoms with E-state index in [0.717, 1.165) is 19.7 Å². The van der Waals surface area contributed by atoms with Crippen LogP contribution in [0.25, 0.3) is 10.8 Å². The molecule has 0 aromatic heterocycles. The van der Waals surface area contributed by atoms with E-state index in [9.17, 15) is 9.90 Å². The van der Waals surface area contributed by atoms with Crippen LogP contribution in [-0.4, -0.2) is 12.6 Å². The number of hydrogen-bond donors (Lipinski definition) is 0. The largest absolute Gasteiger partial charge is 1.00 e. The first-order valence-corrected chi connectivity index (χ1v) is 6.37. The molecule has 0 N–H and O–H groups in total. The Morgan fingerprint density at radius 3 is 2.61 bits per heavy atom. The molecule has 0 unspecified atom stereocenters. The molecule has 6 heteroatoms. The van der Waals surface area contributed by atoms with Gasteiger partial charge in [0.2, 0.25) is 0 Å². The Morgan fingerprint density at radius 1 is 1.22 bits per heavy atom. The molecule has 3 nitrogen and oxygen atoms in total. The Kier molecular flexibility index (Phi) is 6.14. The van der Waals surface area contributed by atoms with E-state index >= 15 is 0 Å². The van der Waals surface area contributed by atoms with Gasteiger partial charge in [0.25, 0.3) is 0 Å². The number of carbonyl (C=O) groups excluding carboxylic acids is 1. The Balaban J connectivity index is 0.00000162. The average Bonchev–Trinajstić information content (AvgIpc) is 2.27. The molecule has 0 aliphatic heterocycles. The van der Waals surface area contributed by atoms with Crippen molar-refractivity contribution >= 4 is 48.6 Å². The van der Waals surface area contributed by atoms with Crippen molar-refractivity contribution in [2.45, 2.75) is 0 Å². The topological polar surface area (TPSA) is 49.4 Å². The van der Waals surface area contributed by atoms with Crippen LogP contribution in [0.5, 0.6) is 5.75 Å². The van der Waals surface area contributed by atoms with Gasteiger partial charge >= 0.3 is 29.6 Å². The SMILES string of the molecule is O=C([O-])COc1ccc2cc(Br)ccc2c1Br.[Na+]. The summed E-state index contributed by atoms with van der Waals surface area (Å²) in [5.74, 6) is -0.753. The predicted octanol–water partition coefficient (Wildman–Crippen LogP) is -0.503. The van der Waals surface area contributed by atoms with Crippen LogP contribution in [0, 0.1) is 0 Å². The van der Waals surface area contributed by atoms with Crippen LogP contribution < -0.4 is 39.4 Å². The molecule has 0 spiro atoms. The van der Waals surface area contributed by atoms with Crippen LogP contribution in [0.4, 0.5) is 0 Å². The fraction of sp³-hybridized carbons (Fsp3) is 0.0833. The van der Waals surface area contributed by atoms with Gasteiger partial charge in [0.1, 0.15) is 12.4 Å². The number of halogens is 2. The summed E-state index contributed by atoms with van der Waals surface area (Å²) in [7, 11) is 0. The number of aliphatic carboxylic acids is 1. The Labute approximate surface area is 143 Å². The predicted molar refractivity (Wildman–Crippen MR) is 69.9 cm³/mol. The van der Waals surface area contributed by atoms with E-state index in [1.54, 1.807) is 6.07 Å². The van der Waals surface area contributed by atoms with Crippen LogP contribution in [0.15, 0.2) is 39.3 Å². The number of carbonyl (C=O) groups is 1. The normalized spacial score (nSPS) is 9.89. The van der Waals surface area contributed by atoms with Gasteiger partial charge in [0, 0.05) is 4.47 Å². The minimum Gasteiger partial charge on any atom is -0.546 e. The van der Waals surface area contributed by atoms with Crippen LogP contribution in [0.3, 0.4) is 0 Å². The minimum absolute atomic E-state index is 0. The maximum absolute atomic E-state index is 10.3. The van der Waals surface area contributed by atoms with Crippen LogP contribution in [0.2, 0.25) is 0 Å². The molecule has 0 aliphatic rings. The van der Waals surface area contributed by atoms with Crippen molar-refractivity contribution in [1.82, 2.24) is 0 Å². The van der Waals surface area contributed by atoms with Crippen molar-refractivity contribution in [3.05, 3.63) is 39.3 Å². The first-order valence-electron chi connectivity index (χ1n) is 4.78. The fourth-order valence-electron chi connectivity index (χ4n) is 1.49. The second kappa shape index (κ2) is 6.91. The zero-order chi connectivity index (χ0) is 12.4. The summed E-state index contributed by atoms with van der Waals surface area (Å²) in [5.41, 5.74) is 0. The summed E-state index contributed by atoms with van der Waals surface area (Å²) < 4.78 is 6.84. The fourth-order valence-corrected chi connectivity index (χ4v) is 2.48. The first-order chi connectivity index (χ1) is 8.08. The number of carboxylic acids is 1. The van der Waals surface area contributed by atoms with Gasteiger partial charge in [0.05, 0.1) is 10.4 Å². The third-order valence-corrected chi connectivity index (χ3v) is 3.54. The summed E-state index contributed by atoms with van der Waals surface area (Å²) in [6, 6.07) is 9.41. The number of rotatable bonds is 3. The molecule has 0 saturated heterocycles. The molecular formula is C12H7Br2NaO3. The smallest absolute Gasteiger partial charge is 0.546 e. The summed E-state index contributed by atoms with van der Waals surface area (Å²) in [4.78, 5) is 10.3. The van der Waals surface area contributed by atoms with Crippen molar-refractivity contribution in [3.8, 4) is 5.75 Å². The van der Waals surface area contributed by atoms with E-state index in [-0.39, 0.29) is 29.6 Å². The Hall–Kier alpha value is -0.0700. The van der Waals surface area contributed by atoms with Crippen molar-refractivity contribution in [2.75, 3.05) is 6.61 Å². The van der Waals surface area contributed by atoms with Crippen molar-refractivity contribution < 1.29 is 44.2 Å². The molecule has 0 aliphatic carbocycles. The standard InChI is InChI=1S/C12H8Br2O3.Na/c13-8-2-3-9-7(5-8)1-4-10(12(9)14)17-6-11(15)16;/h1-5H,6H2,(H,15,16);/q;+1/p-1. The number of hydrogen-bond acceptors (Lipinski definition) is 3. The van der Waals surface area contributed by atoms with E-state index in [1.165, 1.54) is 0 Å². The van der Waals surface area contributed by atoms with E-state index in [0.29, 0.717) is 5.75 Å². The van der Waals surface area contributed by atoms with Gasteiger partial charge in [-0.2, -0.15) is 0 Å². The van der Waals surface area contributed by atoms with Gasteiger partial charge in [-0.15, -0.1) is 0 Å². The summed E-state index contributed by atoms with van der Waals surface area (Å²) in [6.45, 7) is -0.458. The van der Waals surface area contributed by atoms with Gasteiger partial charge in [-0.25, -0.2) is 0 Å². The summed E-state index contributed by atoms with van der Waals surface area (Å²) in [6.07, 6.45) is 0. The maximum atomic E-state index is 10.3. The monoisotopic (exact) mass is 380 g/mol. The maximum Gasteiger partial charge on any atom is 1.00 e. The number of ether oxygens (including phenoxy) is 1. The third kappa shape index (κ3) is 3.71. The van der Waals surface area contributed by atoms with E-state index in [1.807, 2.05) is 24.3 Å². The molecule has 0 fully saturated rings. The van der Waals surface area contributed by atoms with Gasteiger partial charge in [-0.3, -0.25) is 0 Å². The zero-order valence-electron chi connectivity index (χ0n) is 9.57. The van der Waals surface area contributed by atoms with Crippen molar-refractivity contribution in [3.63, 3.8) is 0 Å². The molecule has 2 rings (SSSR count).